The van der Waals surface area contributed by atoms with Gasteiger partial charge in [-0.25, -0.2) is 0 Å². The quantitative estimate of drug-likeness (QED) is 0.770. The Hall–Kier alpha value is -0.410. The Morgan fingerprint density at radius 1 is 1.43 bits per heavy atom. The number of nitrogens with zero attached hydrogens (tertiary/aromatic N) is 1. The van der Waals surface area contributed by atoms with E-state index in [1.54, 1.807) is 0 Å². The molecule has 1 aromatic rings. The van der Waals surface area contributed by atoms with E-state index in [0.717, 1.165) is 36.2 Å². The summed E-state index contributed by atoms with van der Waals surface area (Å²) in [6.07, 6.45) is 4.24. The van der Waals surface area contributed by atoms with Crippen molar-refractivity contribution in [1.29, 1.82) is 0 Å². The Labute approximate surface area is 92.8 Å². The molecule has 0 bridgehead atoms. The molecule has 1 aliphatic heterocycles. The van der Waals surface area contributed by atoms with Gasteiger partial charge in [0.25, 0.3) is 0 Å². The minimum absolute atomic E-state index is 0.633. The van der Waals surface area contributed by atoms with Crippen LogP contribution in [0.3, 0.4) is 0 Å². The van der Waals surface area contributed by atoms with Gasteiger partial charge in [-0.3, -0.25) is 4.98 Å². The van der Waals surface area contributed by atoms with Gasteiger partial charge in [-0.15, -0.1) is 0 Å². The third-order valence-electron chi connectivity index (χ3n) is 2.74. The average Bonchev–Trinajstić information content (AvgIpc) is 2.23. The van der Waals surface area contributed by atoms with Gasteiger partial charge in [-0.05, 0) is 53.2 Å². The van der Waals surface area contributed by atoms with Crippen molar-refractivity contribution in [2.24, 2.45) is 0 Å². The lowest BCUT2D eigenvalue weighted by atomic mass is 9.93. The number of hydrogen-bond acceptors (Lipinski definition) is 2. The van der Waals surface area contributed by atoms with Crippen molar-refractivity contribution in [3.05, 3.63) is 28.0 Å². The van der Waals surface area contributed by atoms with Crippen molar-refractivity contribution in [2.45, 2.75) is 25.7 Å². The first-order valence-corrected chi connectivity index (χ1v) is 5.76. The van der Waals surface area contributed by atoms with Gasteiger partial charge in [0.05, 0.1) is 5.69 Å². The van der Waals surface area contributed by atoms with Crippen LogP contribution in [0.1, 0.15) is 30.0 Å². The number of hydrogen-bond donors (Lipinski definition) is 0. The van der Waals surface area contributed by atoms with E-state index in [0.29, 0.717) is 5.92 Å². The van der Waals surface area contributed by atoms with E-state index in [-0.39, 0.29) is 0 Å². The van der Waals surface area contributed by atoms with Crippen LogP contribution in [0.25, 0.3) is 0 Å². The molecular formula is C11H14BrNO. The van der Waals surface area contributed by atoms with Crippen LogP contribution in [0.15, 0.2) is 16.7 Å². The van der Waals surface area contributed by atoms with Crippen molar-refractivity contribution >= 4 is 15.9 Å². The molecular weight excluding hydrogens is 242 g/mol. The molecule has 1 fully saturated rings. The molecule has 0 saturated carbocycles. The maximum absolute atomic E-state index is 5.34. The molecule has 14 heavy (non-hydrogen) atoms. The summed E-state index contributed by atoms with van der Waals surface area (Å²) < 4.78 is 6.46. The van der Waals surface area contributed by atoms with Crippen molar-refractivity contribution in [3.8, 4) is 0 Å². The van der Waals surface area contributed by atoms with Gasteiger partial charge in [-0.2, -0.15) is 0 Å². The average molecular weight is 256 g/mol. The minimum Gasteiger partial charge on any atom is -0.381 e. The molecule has 0 atom stereocenters. The van der Waals surface area contributed by atoms with Gasteiger partial charge in [0, 0.05) is 23.9 Å². The van der Waals surface area contributed by atoms with E-state index in [2.05, 4.69) is 27.0 Å². The topological polar surface area (TPSA) is 22.1 Å². The van der Waals surface area contributed by atoms with Crippen LogP contribution in [0.2, 0.25) is 0 Å². The van der Waals surface area contributed by atoms with Gasteiger partial charge in [0.1, 0.15) is 0 Å². The molecule has 76 valence electrons. The Balaban J connectivity index is 2.18. The third kappa shape index (κ3) is 2.15. The van der Waals surface area contributed by atoms with Crippen molar-refractivity contribution < 1.29 is 4.74 Å². The summed E-state index contributed by atoms with van der Waals surface area (Å²) in [6, 6.07) is 2.19. The number of halogens is 1. The second kappa shape index (κ2) is 4.41. The predicted molar refractivity (Wildman–Crippen MR) is 59.5 cm³/mol. The first-order chi connectivity index (χ1) is 6.77. The summed E-state index contributed by atoms with van der Waals surface area (Å²) in [5.74, 6) is 0.633. The molecule has 0 aromatic carbocycles. The Bertz CT molecular complexity index is 321. The molecule has 1 aliphatic rings. The summed E-state index contributed by atoms with van der Waals surface area (Å²) in [5, 5.41) is 0. The van der Waals surface area contributed by atoms with Crippen LogP contribution in [0, 0.1) is 6.92 Å². The fourth-order valence-electron chi connectivity index (χ4n) is 1.78. The van der Waals surface area contributed by atoms with Crippen LogP contribution in [0.4, 0.5) is 0 Å². The molecule has 1 aromatic heterocycles. The number of ether oxygens (including phenoxy) is 1. The van der Waals surface area contributed by atoms with Gasteiger partial charge < -0.3 is 4.74 Å². The summed E-state index contributed by atoms with van der Waals surface area (Å²) >= 11 is 3.52. The molecule has 0 N–H and O–H groups in total. The number of pyridine rings is 1. The summed E-state index contributed by atoms with van der Waals surface area (Å²) in [5.41, 5.74) is 2.39. The first kappa shape index (κ1) is 10.1. The van der Waals surface area contributed by atoms with Gasteiger partial charge in [-0.1, -0.05) is 0 Å². The summed E-state index contributed by atoms with van der Waals surface area (Å²) in [6.45, 7) is 3.78. The number of aryl methyl sites for hydroxylation is 1. The van der Waals surface area contributed by atoms with Crippen molar-refractivity contribution in [2.75, 3.05) is 13.2 Å². The molecule has 0 spiro atoms. The van der Waals surface area contributed by atoms with Gasteiger partial charge >= 0.3 is 0 Å². The summed E-state index contributed by atoms with van der Waals surface area (Å²) in [4.78, 5) is 4.37. The molecule has 2 nitrogen and oxygen atoms in total. The minimum atomic E-state index is 0.633. The van der Waals surface area contributed by atoms with E-state index in [4.69, 9.17) is 4.74 Å². The van der Waals surface area contributed by atoms with Crippen molar-refractivity contribution in [1.82, 2.24) is 4.98 Å². The Morgan fingerprint density at radius 2 is 2.14 bits per heavy atom. The fourth-order valence-corrected chi connectivity index (χ4v) is 2.14. The highest BCUT2D eigenvalue weighted by atomic mass is 79.9. The number of rotatable bonds is 1. The second-order valence-corrected chi connectivity index (χ2v) is 4.58. The van der Waals surface area contributed by atoms with E-state index >= 15 is 0 Å². The normalized spacial score (nSPS) is 18.4. The monoisotopic (exact) mass is 255 g/mol. The zero-order chi connectivity index (χ0) is 9.97. The van der Waals surface area contributed by atoms with Crippen LogP contribution >= 0.6 is 15.9 Å². The smallest absolute Gasteiger partial charge is 0.0514 e. The molecule has 1 saturated heterocycles. The Morgan fingerprint density at radius 3 is 2.79 bits per heavy atom. The molecule has 0 radical (unpaired) electrons. The standard InChI is InChI=1S/C11H14BrNO/c1-8-11(12)6-10(7-13-8)9-2-4-14-5-3-9/h6-7,9H,2-5H2,1H3. The summed E-state index contributed by atoms with van der Waals surface area (Å²) in [7, 11) is 0. The van der Waals surface area contributed by atoms with Crippen LogP contribution in [-0.4, -0.2) is 18.2 Å². The second-order valence-electron chi connectivity index (χ2n) is 3.72. The highest BCUT2D eigenvalue weighted by Crippen LogP contribution is 2.28. The maximum Gasteiger partial charge on any atom is 0.0514 e. The van der Waals surface area contributed by atoms with Crippen LogP contribution in [0.5, 0.6) is 0 Å². The molecule has 0 amide bonds. The highest BCUT2D eigenvalue weighted by molar-refractivity contribution is 9.10. The molecule has 0 unspecified atom stereocenters. The van der Waals surface area contributed by atoms with Gasteiger partial charge in [0.2, 0.25) is 0 Å². The number of aromatic nitrogens is 1. The van der Waals surface area contributed by atoms with E-state index in [9.17, 15) is 0 Å². The predicted octanol–water partition coefficient (Wildman–Crippen LogP) is 3.05. The highest BCUT2D eigenvalue weighted by Gasteiger charge is 2.16. The zero-order valence-corrected chi connectivity index (χ0v) is 9.88. The van der Waals surface area contributed by atoms with E-state index < -0.39 is 0 Å². The molecule has 3 heteroatoms. The van der Waals surface area contributed by atoms with Crippen LogP contribution < -0.4 is 0 Å². The first-order valence-electron chi connectivity index (χ1n) is 4.97. The van der Waals surface area contributed by atoms with E-state index in [1.807, 2.05) is 13.1 Å². The fraction of sp³-hybridized carbons (Fsp3) is 0.545. The van der Waals surface area contributed by atoms with Crippen molar-refractivity contribution in [3.63, 3.8) is 0 Å². The van der Waals surface area contributed by atoms with Crippen LogP contribution in [-0.2, 0) is 4.74 Å². The lowest BCUT2D eigenvalue weighted by Gasteiger charge is -2.22. The zero-order valence-electron chi connectivity index (χ0n) is 8.29. The maximum atomic E-state index is 5.34. The third-order valence-corrected chi connectivity index (χ3v) is 3.54. The molecule has 2 rings (SSSR count). The van der Waals surface area contributed by atoms with Gasteiger partial charge in [0.15, 0.2) is 0 Å². The largest absolute Gasteiger partial charge is 0.381 e. The lowest BCUT2D eigenvalue weighted by Crippen LogP contribution is -2.14. The van der Waals surface area contributed by atoms with E-state index in [1.165, 1.54) is 5.56 Å². The molecule has 0 aliphatic carbocycles. The molecule has 2 heterocycles. The SMILES string of the molecule is Cc1ncc(C2CCOCC2)cc1Br. The Kier molecular flexibility index (Phi) is 3.19. The lowest BCUT2D eigenvalue weighted by molar-refractivity contribution is 0.0852.